The molecule has 0 aliphatic carbocycles. The van der Waals surface area contributed by atoms with E-state index in [9.17, 15) is 14.9 Å². The van der Waals surface area contributed by atoms with E-state index in [0.29, 0.717) is 31.6 Å². The Hall–Kier alpha value is -1.99. The maximum Gasteiger partial charge on any atom is 0.275 e. The third kappa shape index (κ3) is 13.0. The summed E-state index contributed by atoms with van der Waals surface area (Å²) in [5.41, 5.74) is 1.46. The lowest BCUT2D eigenvalue weighted by Crippen LogP contribution is -2.23. The summed E-state index contributed by atoms with van der Waals surface area (Å²) in [6.07, 6.45) is 10.9. The molecule has 35 heavy (non-hydrogen) atoms. The van der Waals surface area contributed by atoms with Gasteiger partial charge in [-0.2, -0.15) is 0 Å². The first-order valence-corrected chi connectivity index (χ1v) is 13.6. The molecule has 0 saturated carbocycles. The van der Waals surface area contributed by atoms with Crippen molar-refractivity contribution >= 4 is 11.6 Å². The van der Waals surface area contributed by atoms with Crippen molar-refractivity contribution in [3.8, 4) is 0 Å². The smallest absolute Gasteiger partial charge is 0.275 e. The van der Waals surface area contributed by atoms with E-state index >= 15 is 0 Å². The van der Waals surface area contributed by atoms with Crippen molar-refractivity contribution in [3.63, 3.8) is 0 Å². The molecule has 0 heterocycles. The van der Waals surface area contributed by atoms with Crippen LogP contribution in [0.1, 0.15) is 122 Å². The number of nitrogens with one attached hydrogen (secondary N) is 1. The van der Waals surface area contributed by atoms with E-state index in [1.165, 1.54) is 31.7 Å². The highest BCUT2D eigenvalue weighted by Crippen LogP contribution is 2.31. The molecule has 0 aromatic heterocycles. The third-order valence-electron chi connectivity index (χ3n) is 6.38. The van der Waals surface area contributed by atoms with E-state index in [2.05, 4.69) is 26.1 Å². The summed E-state index contributed by atoms with van der Waals surface area (Å²) in [6.45, 7) is 11.2. The van der Waals surface area contributed by atoms with Crippen LogP contribution in [0.5, 0.6) is 0 Å². The van der Waals surface area contributed by atoms with Gasteiger partial charge in [-0.3, -0.25) is 14.9 Å². The molecule has 7 heteroatoms. The fourth-order valence-electron chi connectivity index (χ4n) is 4.07. The summed E-state index contributed by atoms with van der Waals surface area (Å²) in [5.74, 6) is -0.0481. The minimum atomic E-state index is -0.393. The summed E-state index contributed by atoms with van der Waals surface area (Å²) < 4.78 is 12.0. The number of nitro groups is 1. The molecule has 1 aromatic carbocycles. The molecule has 200 valence electrons. The van der Waals surface area contributed by atoms with Gasteiger partial charge in [0, 0.05) is 25.6 Å². The molecule has 0 radical (unpaired) electrons. The SMILES string of the molecule is CCCCCCCC(CCC)OC(C)c1cc(CNC(=O)CCCOC(C)CC)ccc1[N+](=O)[O-]. The molecule has 3 atom stereocenters. The minimum Gasteiger partial charge on any atom is -0.379 e. The van der Waals surface area contributed by atoms with Crippen molar-refractivity contribution in [2.45, 2.75) is 130 Å². The average Bonchev–Trinajstić information content (AvgIpc) is 2.84. The zero-order valence-corrected chi connectivity index (χ0v) is 22.6. The fourth-order valence-corrected chi connectivity index (χ4v) is 4.07. The van der Waals surface area contributed by atoms with Gasteiger partial charge < -0.3 is 14.8 Å². The quantitative estimate of drug-likeness (QED) is 0.116. The van der Waals surface area contributed by atoms with Gasteiger partial charge in [0.05, 0.1) is 28.8 Å². The fraction of sp³-hybridized carbons (Fsp3) is 0.750. The van der Waals surface area contributed by atoms with Gasteiger partial charge in [-0.1, -0.05) is 65.4 Å². The van der Waals surface area contributed by atoms with E-state index in [4.69, 9.17) is 9.47 Å². The maximum absolute atomic E-state index is 12.2. The highest BCUT2D eigenvalue weighted by Gasteiger charge is 2.23. The summed E-state index contributed by atoms with van der Waals surface area (Å²) in [4.78, 5) is 23.5. The molecule has 0 aliphatic rings. The van der Waals surface area contributed by atoms with Crippen LogP contribution < -0.4 is 5.32 Å². The molecule has 0 bridgehead atoms. The highest BCUT2D eigenvalue weighted by atomic mass is 16.6. The maximum atomic E-state index is 12.2. The first-order valence-electron chi connectivity index (χ1n) is 13.6. The number of rotatable bonds is 20. The van der Waals surface area contributed by atoms with Gasteiger partial charge in [0.25, 0.3) is 5.69 Å². The van der Waals surface area contributed by atoms with E-state index in [0.717, 1.165) is 37.7 Å². The van der Waals surface area contributed by atoms with Crippen molar-refractivity contribution in [1.82, 2.24) is 5.32 Å². The first kappa shape index (κ1) is 31.0. The zero-order chi connectivity index (χ0) is 26.1. The Morgan fingerprint density at radius 2 is 1.77 bits per heavy atom. The van der Waals surface area contributed by atoms with Gasteiger partial charge in [-0.15, -0.1) is 0 Å². The van der Waals surface area contributed by atoms with Crippen LogP contribution in [-0.2, 0) is 20.8 Å². The van der Waals surface area contributed by atoms with Gasteiger partial charge in [-0.25, -0.2) is 0 Å². The number of carbonyl (C=O) groups is 1. The Morgan fingerprint density at radius 1 is 1.03 bits per heavy atom. The minimum absolute atomic E-state index is 0.0481. The normalized spacial score (nSPS) is 13.9. The second kappa shape index (κ2) is 18.3. The monoisotopic (exact) mass is 492 g/mol. The molecule has 3 unspecified atom stereocenters. The number of carbonyl (C=O) groups excluding carboxylic acids is 1. The van der Waals surface area contributed by atoms with Crippen LogP contribution in [0.2, 0.25) is 0 Å². The number of ether oxygens (including phenoxy) is 2. The van der Waals surface area contributed by atoms with E-state index in [-0.39, 0.29) is 28.7 Å². The topological polar surface area (TPSA) is 90.7 Å². The molecular formula is C28H48N2O5. The lowest BCUT2D eigenvalue weighted by Gasteiger charge is -2.23. The molecule has 1 amide bonds. The van der Waals surface area contributed by atoms with E-state index in [1.807, 2.05) is 13.8 Å². The van der Waals surface area contributed by atoms with Crippen LogP contribution >= 0.6 is 0 Å². The van der Waals surface area contributed by atoms with Crippen molar-refractivity contribution in [2.75, 3.05) is 6.61 Å². The first-order chi connectivity index (χ1) is 16.8. The average molecular weight is 493 g/mol. The second-order valence-corrected chi connectivity index (χ2v) is 9.51. The van der Waals surface area contributed by atoms with Gasteiger partial charge in [0.1, 0.15) is 0 Å². The molecule has 1 rings (SSSR count). The van der Waals surface area contributed by atoms with Crippen LogP contribution in [0.3, 0.4) is 0 Å². The largest absolute Gasteiger partial charge is 0.379 e. The van der Waals surface area contributed by atoms with Crippen LogP contribution in [0.25, 0.3) is 0 Å². The Labute approximate surface area is 212 Å². The Morgan fingerprint density at radius 3 is 2.43 bits per heavy atom. The van der Waals surface area contributed by atoms with Crippen molar-refractivity contribution in [3.05, 3.63) is 39.4 Å². The zero-order valence-electron chi connectivity index (χ0n) is 22.6. The summed E-state index contributed by atoms with van der Waals surface area (Å²) in [5, 5.41) is 14.6. The number of nitro benzene ring substituents is 1. The van der Waals surface area contributed by atoms with Crippen molar-refractivity contribution in [1.29, 1.82) is 0 Å². The summed E-state index contributed by atoms with van der Waals surface area (Å²) in [6, 6.07) is 5.04. The molecule has 7 nitrogen and oxygen atoms in total. The van der Waals surface area contributed by atoms with Crippen LogP contribution in [0, 0.1) is 10.1 Å². The van der Waals surface area contributed by atoms with Crippen LogP contribution in [0.15, 0.2) is 18.2 Å². The van der Waals surface area contributed by atoms with Gasteiger partial charge in [-0.05, 0) is 51.2 Å². The van der Waals surface area contributed by atoms with Crippen LogP contribution in [0.4, 0.5) is 5.69 Å². The highest BCUT2D eigenvalue weighted by molar-refractivity contribution is 5.75. The number of benzene rings is 1. The molecule has 0 fully saturated rings. The number of nitrogens with zero attached hydrogens (tertiary/aromatic N) is 1. The summed E-state index contributed by atoms with van der Waals surface area (Å²) in [7, 11) is 0. The Balaban J connectivity index is 2.71. The molecular weight excluding hydrogens is 444 g/mol. The lowest BCUT2D eigenvalue weighted by atomic mass is 10.0. The molecule has 0 spiro atoms. The van der Waals surface area contributed by atoms with Gasteiger partial charge in [0.2, 0.25) is 5.91 Å². The van der Waals surface area contributed by atoms with Crippen molar-refractivity contribution < 1.29 is 19.2 Å². The molecule has 1 N–H and O–H groups in total. The molecule has 0 saturated heterocycles. The van der Waals surface area contributed by atoms with E-state index in [1.54, 1.807) is 12.1 Å². The number of unbranched alkanes of at least 4 members (excludes halogenated alkanes) is 4. The second-order valence-electron chi connectivity index (χ2n) is 9.51. The van der Waals surface area contributed by atoms with Crippen LogP contribution in [-0.4, -0.2) is 29.6 Å². The Kier molecular flexibility index (Phi) is 16.2. The molecule has 0 aliphatic heterocycles. The van der Waals surface area contributed by atoms with Gasteiger partial charge >= 0.3 is 0 Å². The lowest BCUT2D eigenvalue weighted by molar-refractivity contribution is -0.386. The predicted molar refractivity (Wildman–Crippen MR) is 141 cm³/mol. The standard InChI is InChI=1S/C28H48N2O5/c1-6-9-10-11-12-15-25(14-7-2)35-23(5)26-20-24(17-18-27(26)30(32)33)21-29-28(31)16-13-19-34-22(4)8-3/h17-18,20,22-23,25H,6-16,19,21H2,1-5H3,(H,29,31). The van der Waals surface area contributed by atoms with E-state index < -0.39 is 6.10 Å². The third-order valence-corrected chi connectivity index (χ3v) is 6.38. The molecule has 1 aromatic rings. The summed E-state index contributed by atoms with van der Waals surface area (Å²) >= 11 is 0. The number of hydrogen-bond acceptors (Lipinski definition) is 5. The Bertz CT molecular complexity index is 740. The predicted octanol–water partition coefficient (Wildman–Crippen LogP) is 7.41. The van der Waals surface area contributed by atoms with Crippen molar-refractivity contribution in [2.24, 2.45) is 0 Å². The number of amides is 1. The number of hydrogen-bond donors (Lipinski definition) is 1. The van der Waals surface area contributed by atoms with Gasteiger partial charge in [0.15, 0.2) is 0 Å².